The van der Waals surface area contributed by atoms with Gasteiger partial charge in [-0.25, -0.2) is 10.4 Å². The van der Waals surface area contributed by atoms with Crippen LogP contribution in [-0.2, 0) is 0 Å². The second-order valence-electron chi connectivity index (χ2n) is 5.80. The second kappa shape index (κ2) is 8.13. The summed E-state index contributed by atoms with van der Waals surface area (Å²) in [6.07, 6.45) is 3.10. The van der Waals surface area contributed by atoms with Crippen LogP contribution in [0.2, 0.25) is 15.2 Å². The van der Waals surface area contributed by atoms with Gasteiger partial charge in [0.25, 0.3) is 5.91 Å². The van der Waals surface area contributed by atoms with E-state index in [1.165, 1.54) is 6.20 Å². The first-order valence-corrected chi connectivity index (χ1v) is 9.10. The molecule has 0 saturated carbocycles. The van der Waals surface area contributed by atoms with Gasteiger partial charge in [-0.1, -0.05) is 34.8 Å². The largest absolute Gasteiger partial charge is 0.318 e. The molecule has 1 N–H and O–H groups in total. The summed E-state index contributed by atoms with van der Waals surface area (Å²) in [6, 6.07) is 10.6. The van der Waals surface area contributed by atoms with Gasteiger partial charge < -0.3 is 4.57 Å². The quantitative estimate of drug-likeness (QED) is 0.357. The van der Waals surface area contributed by atoms with Gasteiger partial charge in [0.15, 0.2) is 0 Å². The summed E-state index contributed by atoms with van der Waals surface area (Å²) < 4.78 is 2.03. The number of nitrogens with zero attached hydrogens (tertiary/aromatic N) is 3. The number of hydrazone groups is 1. The third-order valence-corrected chi connectivity index (χ3v) is 5.05. The summed E-state index contributed by atoms with van der Waals surface area (Å²) in [6.45, 7) is 3.93. The van der Waals surface area contributed by atoms with E-state index in [-0.39, 0.29) is 10.7 Å². The molecule has 2 heterocycles. The Morgan fingerprint density at radius 1 is 1.15 bits per heavy atom. The number of pyridine rings is 1. The van der Waals surface area contributed by atoms with Gasteiger partial charge in [-0.2, -0.15) is 5.10 Å². The van der Waals surface area contributed by atoms with E-state index < -0.39 is 5.91 Å². The van der Waals surface area contributed by atoms with Crippen LogP contribution < -0.4 is 5.43 Å². The van der Waals surface area contributed by atoms with Crippen LogP contribution in [0.15, 0.2) is 47.7 Å². The first kappa shape index (κ1) is 19.4. The normalized spacial score (nSPS) is 11.1. The van der Waals surface area contributed by atoms with E-state index in [1.807, 2.05) is 30.5 Å². The van der Waals surface area contributed by atoms with E-state index in [2.05, 4.69) is 15.5 Å². The lowest BCUT2D eigenvalue weighted by Gasteiger charge is -2.10. The third-order valence-electron chi connectivity index (χ3n) is 4.01. The molecule has 1 amide bonds. The molecule has 3 rings (SSSR count). The minimum absolute atomic E-state index is 0.128. The highest BCUT2D eigenvalue weighted by molar-refractivity contribution is 6.42. The maximum absolute atomic E-state index is 12.1. The Kier molecular flexibility index (Phi) is 5.85. The number of carbonyl (C=O) groups is 1. The summed E-state index contributed by atoms with van der Waals surface area (Å²) in [5.74, 6) is -0.428. The molecule has 138 valence electrons. The van der Waals surface area contributed by atoms with Crippen molar-refractivity contribution < 1.29 is 4.79 Å². The van der Waals surface area contributed by atoms with E-state index in [0.29, 0.717) is 10.0 Å². The number of aromatic nitrogens is 2. The number of carbonyl (C=O) groups excluding carboxylic acids is 1. The van der Waals surface area contributed by atoms with Crippen molar-refractivity contribution in [1.82, 2.24) is 15.0 Å². The first-order valence-electron chi connectivity index (χ1n) is 7.96. The van der Waals surface area contributed by atoms with E-state index in [1.54, 1.807) is 30.5 Å². The van der Waals surface area contributed by atoms with Crippen molar-refractivity contribution >= 4 is 46.9 Å². The number of benzene rings is 1. The highest BCUT2D eigenvalue weighted by Gasteiger charge is 2.12. The van der Waals surface area contributed by atoms with E-state index in [9.17, 15) is 4.79 Å². The molecule has 0 aliphatic carbocycles. The van der Waals surface area contributed by atoms with Gasteiger partial charge in [-0.3, -0.25) is 4.79 Å². The van der Waals surface area contributed by atoms with Gasteiger partial charge in [0.2, 0.25) is 0 Å². The van der Waals surface area contributed by atoms with Crippen LogP contribution in [-0.4, -0.2) is 21.7 Å². The van der Waals surface area contributed by atoms with Crippen LogP contribution >= 0.6 is 34.8 Å². The number of aryl methyl sites for hydroxylation is 1. The lowest BCUT2D eigenvalue weighted by atomic mass is 10.2. The smallest absolute Gasteiger partial charge is 0.274 e. The third kappa shape index (κ3) is 4.16. The summed E-state index contributed by atoms with van der Waals surface area (Å²) in [5, 5.41) is 5.14. The molecule has 0 aliphatic rings. The van der Waals surface area contributed by atoms with Gasteiger partial charge in [0.1, 0.15) is 5.15 Å². The summed E-state index contributed by atoms with van der Waals surface area (Å²) >= 11 is 18.0. The molecule has 2 aromatic heterocycles. The van der Waals surface area contributed by atoms with Crippen LogP contribution in [0.3, 0.4) is 0 Å². The van der Waals surface area contributed by atoms with Crippen molar-refractivity contribution in [3.05, 3.63) is 80.3 Å². The zero-order chi connectivity index (χ0) is 19.6. The minimum Gasteiger partial charge on any atom is -0.318 e. The summed E-state index contributed by atoms with van der Waals surface area (Å²) in [5.41, 5.74) is 6.41. The molecule has 0 unspecified atom stereocenters. The Morgan fingerprint density at radius 2 is 1.93 bits per heavy atom. The molecule has 0 atom stereocenters. The zero-order valence-electron chi connectivity index (χ0n) is 14.5. The number of hydrogen-bond donors (Lipinski definition) is 1. The topological polar surface area (TPSA) is 59.3 Å². The first-order chi connectivity index (χ1) is 12.9. The molecule has 0 fully saturated rings. The van der Waals surface area contributed by atoms with Crippen molar-refractivity contribution in [3.63, 3.8) is 0 Å². The van der Waals surface area contributed by atoms with Crippen LogP contribution in [0.1, 0.15) is 27.3 Å². The predicted octanol–water partition coefficient (Wildman–Crippen LogP) is 5.21. The Balaban J connectivity index is 1.82. The van der Waals surface area contributed by atoms with Crippen LogP contribution in [0.5, 0.6) is 0 Å². The SMILES string of the molecule is Cc1cc(C=NNC(=O)c2cccnc2Cl)c(C)n1-c1ccc(Cl)c(Cl)c1. The lowest BCUT2D eigenvalue weighted by Crippen LogP contribution is -2.18. The van der Waals surface area contributed by atoms with Crippen molar-refractivity contribution in [3.8, 4) is 5.69 Å². The van der Waals surface area contributed by atoms with E-state index in [0.717, 1.165) is 22.6 Å². The Labute approximate surface area is 171 Å². The van der Waals surface area contributed by atoms with Crippen LogP contribution in [0.4, 0.5) is 0 Å². The van der Waals surface area contributed by atoms with Gasteiger partial charge in [0, 0.05) is 28.8 Å². The van der Waals surface area contributed by atoms with Crippen molar-refractivity contribution in [1.29, 1.82) is 0 Å². The molecule has 27 heavy (non-hydrogen) atoms. The predicted molar refractivity (Wildman–Crippen MR) is 110 cm³/mol. The highest BCUT2D eigenvalue weighted by atomic mass is 35.5. The van der Waals surface area contributed by atoms with Crippen molar-refractivity contribution in [2.24, 2.45) is 5.10 Å². The van der Waals surface area contributed by atoms with Crippen molar-refractivity contribution in [2.45, 2.75) is 13.8 Å². The standard InChI is InChI=1S/C19H15Cl3N4O/c1-11-8-13(10-24-25-19(27)15-4-3-7-23-18(15)22)12(2)26(11)14-5-6-16(20)17(21)9-14/h3-10H,1-2H3,(H,25,27). The number of hydrogen-bond acceptors (Lipinski definition) is 3. The molecular formula is C19H15Cl3N4O. The second-order valence-corrected chi connectivity index (χ2v) is 6.97. The molecule has 5 nitrogen and oxygen atoms in total. The zero-order valence-corrected chi connectivity index (χ0v) is 16.8. The molecule has 0 bridgehead atoms. The van der Waals surface area contributed by atoms with Gasteiger partial charge in [-0.15, -0.1) is 0 Å². The lowest BCUT2D eigenvalue weighted by molar-refractivity contribution is 0.0955. The van der Waals surface area contributed by atoms with Gasteiger partial charge in [-0.05, 0) is 50.2 Å². The van der Waals surface area contributed by atoms with Gasteiger partial charge in [0.05, 0.1) is 21.8 Å². The molecule has 0 spiro atoms. The fourth-order valence-corrected chi connectivity index (χ4v) is 3.21. The maximum atomic E-state index is 12.1. The fourth-order valence-electron chi connectivity index (χ4n) is 2.72. The molecule has 0 aliphatic heterocycles. The molecule has 1 aromatic carbocycles. The highest BCUT2D eigenvalue weighted by Crippen LogP contribution is 2.27. The number of rotatable bonds is 4. The van der Waals surface area contributed by atoms with E-state index >= 15 is 0 Å². The molecule has 0 radical (unpaired) electrons. The number of nitrogens with one attached hydrogen (secondary N) is 1. The summed E-state index contributed by atoms with van der Waals surface area (Å²) in [4.78, 5) is 16.0. The van der Waals surface area contributed by atoms with Crippen LogP contribution in [0, 0.1) is 13.8 Å². The summed E-state index contributed by atoms with van der Waals surface area (Å²) in [7, 11) is 0. The fraction of sp³-hybridized carbons (Fsp3) is 0.105. The van der Waals surface area contributed by atoms with Crippen LogP contribution in [0.25, 0.3) is 5.69 Å². The average Bonchev–Trinajstić information content (AvgIpc) is 2.91. The Morgan fingerprint density at radius 3 is 2.63 bits per heavy atom. The average molecular weight is 422 g/mol. The van der Waals surface area contributed by atoms with Crippen molar-refractivity contribution in [2.75, 3.05) is 0 Å². The van der Waals surface area contributed by atoms with Gasteiger partial charge >= 0.3 is 0 Å². The molecule has 3 aromatic rings. The molecular weight excluding hydrogens is 407 g/mol. The monoisotopic (exact) mass is 420 g/mol. The van der Waals surface area contributed by atoms with E-state index in [4.69, 9.17) is 34.8 Å². The number of amides is 1. The number of halogens is 3. The Hall–Kier alpha value is -2.34. The Bertz CT molecular complexity index is 1040. The minimum atomic E-state index is -0.428. The molecule has 8 heteroatoms. The molecule has 0 saturated heterocycles. The maximum Gasteiger partial charge on any atom is 0.274 e.